The maximum absolute atomic E-state index is 12.3. The molecule has 0 aliphatic carbocycles. The minimum atomic E-state index is -0.0739. The van der Waals surface area contributed by atoms with Crippen molar-refractivity contribution in [3.63, 3.8) is 0 Å². The normalized spacial score (nSPS) is 12.9. The first-order valence-corrected chi connectivity index (χ1v) is 5.84. The lowest BCUT2D eigenvalue weighted by molar-refractivity contribution is 0.103. The Kier molecular flexibility index (Phi) is 2.55. The van der Waals surface area contributed by atoms with Gasteiger partial charge in [0.25, 0.3) is 0 Å². The molecule has 90 valence electrons. The number of rotatable bonds is 2. The number of hydrogen-bond acceptors (Lipinski definition) is 4. The molecule has 1 aromatic carbocycles. The molecular weight excluding hydrogens is 228 g/mol. The van der Waals surface area contributed by atoms with Gasteiger partial charge in [-0.15, -0.1) is 0 Å². The number of hydrogen-bond donors (Lipinski definition) is 0. The van der Waals surface area contributed by atoms with E-state index in [1.807, 2.05) is 12.1 Å². The van der Waals surface area contributed by atoms with Crippen molar-refractivity contribution in [3.8, 4) is 5.75 Å². The molecule has 0 N–H and O–H groups in total. The van der Waals surface area contributed by atoms with E-state index in [0.29, 0.717) is 23.7 Å². The zero-order valence-electron chi connectivity index (χ0n) is 10.0. The second-order valence-corrected chi connectivity index (χ2v) is 4.24. The molecule has 4 nitrogen and oxygen atoms in total. The maximum Gasteiger partial charge on any atom is 0.211 e. The van der Waals surface area contributed by atoms with Gasteiger partial charge in [-0.05, 0) is 36.8 Å². The van der Waals surface area contributed by atoms with E-state index in [9.17, 15) is 4.79 Å². The zero-order valence-corrected chi connectivity index (χ0v) is 10.0. The summed E-state index contributed by atoms with van der Waals surface area (Å²) in [5, 5.41) is 0. The summed E-state index contributed by atoms with van der Waals surface area (Å²) in [4.78, 5) is 20.4. The Morgan fingerprint density at radius 2 is 2.22 bits per heavy atom. The number of carbonyl (C=O) groups is 1. The van der Waals surface area contributed by atoms with Crippen LogP contribution in [0.3, 0.4) is 0 Å². The number of aryl methyl sites for hydroxylation is 1. The molecule has 0 radical (unpaired) electrons. The molecule has 2 aromatic rings. The smallest absolute Gasteiger partial charge is 0.211 e. The first kappa shape index (κ1) is 10.9. The van der Waals surface area contributed by atoms with Crippen LogP contribution in [0.1, 0.15) is 27.4 Å². The minimum Gasteiger partial charge on any atom is -0.493 e. The van der Waals surface area contributed by atoms with Crippen LogP contribution in [-0.4, -0.2) is 22.4 Å². The third-order valence-corrected chi connectivity index (χ3v) is 2.96. The lowest BCUT2D eigenvalue weighted by atomic mass is 10.0. The van der Waals surface area contributed by atoms with Crippen molar-refractivity contribution < 1.29 is 9.53 Å². The molecule has 0 saturated carbocycles. The third-order valence-electron chi connectivity index (χ3n) is 2.96. The van der Waals surface area contributed by atoms with Crippen molar-refractivity contribution in [1.29, 1.82) is 0 Å². The number of fused-ring (bicyclic) bond motifs is 1. The molecule has 0 unspecified atom stereocenters. The van der Waals surface area contributed by atoms with Crippen LogP contribution in [0.25, 0.3) is 0 Å². The van der Waals surface area contributed by atoms with Crippen molar-refractivity contribution in [2.24, 2.45) is 0 Å². The molecule has 0 saturated heterocycles. The maximum atomic E-state index is 12.3. The molecule has 1 aliphatic heterocycles. The van der Waals surface area contributed by atoms with Gasteiger partial charge >= 0.3 is 0 Å². The fourth-order valence-corrected chi connectivity index (χ4v) is 2.06. The van der Waals surface area contributed by atoms with Gasteiger partial charge in [-0.25, -0.2) is 9.97 Å². The number of ketones is 1. The van der Waals surface area contributed by atoms with Crippen LogP contribution >= 0.6 is 0 Å². The number of carbonyl (C=O) groups excluding carboxylic acids is 1. The predicted octanol–water partition coefficient (Wildman–Crippen LogP) is 1.95. The van der Waals surface area contributed by atoms with Gasteiger partial charge in [0.1, 0.15) is 17.3 Å². The Morgan fingerprint density at radius 3 is 3.06 bits per heavy atom. The van der Waals surface area contributed by atoms with Crippen molar-refractivity contribution in [3.05, 3.63) is 53.1 Å². The fourth-order valence-electron chi connectivity index (χ4n) is 2.06. The summed E-state index contributed by atoms with van der Waals surface area (Å²) in [5.41, 5.74) is 2.17. The molecule has 0 atom stereocenters. The van der Waals surface area contributed by atoms with Crippen LogP contribution in [0, 0.1) is 6.92 Å². The van der Waals surface area contributed by atoms with Crippen molar-refractivity contribution >= 4 is 5.78 Å². The van der Waals surface area contributed by atoms with Gasteiger partial charge in [-0.3, -0.25) is 4.79 Å². The fraction of sp³-hybridized carbons (Fsp3) is 0.214. The van der Waals surface area contributed by atoms with E-state index in [1.165, 1.54) is 0 Å². The van der Waals surface area contributed by atoms with E-state index in [0.717, 1.165) is 17.7 Å². The topological polar surface area (TPSA) is 52.1 Å². The number of ether oxygens (including phenoxy) is 1. The van der Waals surface area contributed by atoms with E-state index < -0.39 is 0 Å². The molecule has 18 heavy (non-hydrogen) atoms. The van der Waals surface area contributed by atoms with Crippen LogP contribution in [0.2, 0.25) is 0 Å². The lowest BCUT2D eigenvalue weighted by Gasteiger charge is -2.03. The Hall–Kier alpha value is -2.23. The van der Waals surface area contributed by atoms with E-state index in [-0.39, 0.29) is 5.78 Å². The quantitative estimate of drug-likeness (QED) is 0.753. The average Bonchev–Trinajstić information content (AvgIpc) is 2.85. The molecule has 0 amide bonds. The summed E-state index contributed by atoms with van der Waals surface area (Å²) in [5.74, 6) is 1.41. The van der Waals surface area contributed by atoms with E-state index in [4.69, 9.17) is 4.74 Å². The zero-order chi connectivity index (χ0) is 12.5. The Labute approximate surface area is 105 Å². The van der Waals surface area contributed by atoms with Gasteiger partial charge in [0.05, 0.1) is 6.61 Å². The van der Waals surface area contributed by atoms with Gasteiger partial charge in [0.15, 0.2) is 0 Å². The van der Waals surface area contributed by atoms with Crippen molar-refractivity contribution in [2.75, 3.05) is 6.61 Å². The van der Waals surface area contributed by atoms with Crippen LogP contribution in [-0.2, 0) is 6.42 Å². The highest BCUT2D eigenvalue weighted by atomic mass is 16.5. The second-order valence-electron chi connectivity index (χ2n) is 4.24. The van der Waals surface area contributed by atoms with E-state index in [1.54, 1.807) is 25.3 Å². The molecule has 4 heteroatoms. The SMILES string of the molecule is Cc1nccc(C(=O)c2ccc3c(c2)CCO3)n1. The molecule has 0 bridgehead atoms. The van der Waals surface area contributed by atoms with E-state index >= 15 is 0 Å². The van der Waals surface area contributed by atoms with Gasteiger partial charge in [0, 0.05) is 18.2 Å². The van der Waals surface area contributed by atoms with Gasteiger partial charge in [-0.2, -0.15) is 0 Å². The summed E-state index contributed by atoms with van der Waals surface area (Å²) >= 11 is 0. The molecule has 1 aromatic heterocycles. The van der Waals surface area contributed by atoms with Crippen LogP contribution in [0.15, 0.2) is 30.5 Å². The summed E-state index contributed by atoms with van der Waals surface area (Å²) in [6, 6.07) is 7.16. The summed E-state index contributed by atoms with van der Waals surface area (Å²) in [7, 11) is 0. The highest BCUT2D eigenvalue weighted by Gasteiger charge is 2.16. The van der Waals surface area contributed by atoms with E-state index in [2.05, 4.69) is 9.97 Å². The third kappa shape index (κ3) is 1.86. The van der Waals surface area contributed by atoms with Gasteiger partial charge in [0.2, 0.25) is 5.78 Å². The molecular formula is C14H12N2O2. The number of benzene rings is 1. The summed E-state index contributed by atoms with van der Waals surface area (Å²) in [6.45, 7) is 2.47. The Balaban J connectivity index is 1.98. The summed E-state index contributed by atoms with van der Waals surface area (Å²) in [6.07, 6.45) is 2.46. The first-order chi connectivity index (χ1) is 8.74. The van der Waals surface area contributed by atoms with Gasteiger partial charge < -0.3 is 4.74 Å². The molecule has 0 fully saturated rings. The second kappa shape index (κ2) is 4.22. The van der Waals surface area contributed by atoms with Crippen molar-refractivity contribution in [2.45, 2.75) is 13.3 Å². The molecule has 3 rings (SSSR count). The minimum absolute atomic E-state index is 0.0739. The Morgan fingerprint density at radius 1 is 1.33 bits per heavy atom. The van der Waals surface area contributed by atoms with Crippen LogP contribution < -0.4 is 4.74 Å². The van der Waals surface area contributed by atoms with Crippen LogP contribution in [0.4, 0.5) is 0 Å². The highest BCUT2D eigenvalue weighted by molar-refractivity contribution is 6.07. The monoisotopic (exact) mass is 240 g/mol. The largest absolute Gasteiger partial charge is 0.493 e. The Bertz CT molecular complexity index is 623. The van der Waals surface area contributed by atoms with Gasteiger partial charge in [-0.1, -0.05) is 0 Å². The van der Waals surface area contributed by atoms with Crippen LogP contribution in [0.5, 0.6) is 5.75 Å². The molecule has 2 heterocycles. The van der Waals surface area contributed by atoms with Crippen molar-refractivity contribution in [1.82, 2.24) is 9.97 Å². The molecule has 1 aliphatic rings. The standard InChI is InChI=1S/C14H12N2O2/c1-9-15-6-4-12(16-9)14(17)11-2-3-13-10(8-11)5-7-18-13/h2-4,6,8H,5,7H2,1H3. The number of aromatic nitrogens is 2. The lowest BCUT2D eigenvalue weighted by Crippen LogP contribution is -2.06. The highest BCUT2D eigenvalue weighted by Crippen LogP contribution is 2.26. The average molecular weight is 240 g/mol. The predicted molar refractivity (Wildman–Crippen MR) is 65.8 cm³/mol. The summed E-state index contributed by atoms with van der Waals surface area (Å²) < 4.78 is 5.42. The number of nitrogens with zero attached hydrogens (tertiary/aromatic N) is 2. The molecule has 0 spiro atoms. The first-order valence-electron chi connectivity index (χ1n) is 5.84.